The summed E-state index contributed by atoms with van der Waals surface area (Å²) >= 11 is 1.47. The molecule has 1 amide bonds. The van der Waals surface area contributed by atoms with E-state index in [-0.39, 0.29) is 12.2 Å². The number of nitrogens with one attached hydrogen (secondary N) is 1. The zero-order chi connectivity index (χ0) is 20.7. The molecule has 28 heavy (non-hydrogen) atoms. The van der Waals surface area contributed by atoms with Gasteiger partial charge in [0.25, 0.3) is 0 Å². The normalized spacial score (nSPS) is 12.6. The number of ketones is 1. The van der Waals surface area contributed by atoms with Crippen molar-refractivity contribution in [2.45, 2.75) is 65.5 Å². The predicted molar refractivity (Wildman–Crippen MR) is 113 cm³/mol. The van der Waals surface area contributed by atoms with E-state index in [0.29, 0.717) is 12.3 Å². The summed E-state index contributed by atoms with van der Waals surface area (Å²) in [5, 5.41) is 5.47. The number of hydrogen-bond acceptors (Lipinski definition) is 5. The van der Waals surface area contributed by atoms with E-state index in [2.05, 4.69) is 24.1 Å². The molecule has 6 heteroatoms. The van der Waals surface area contributed by atoms with E-state index in [1.807, 2.05) is 35.7 Å². The third-order valence-electron chi connectivity index (χ3n) is 4.06. The average Bonchev–Trinajstić information content (AvgIpc) is 3.06. The molecule has 0 fully saturated rings. The fraction of sp³-hybridized carbons (Fsp3) is 0.500. The fourth-order valence-corrected chi connectivity index (χ4v) is 3.48. The van der Waals surface area contributed by atoms with Gasteiger partial charge in [0.1, 0.15) is 10.6 Å². The highest BCUT2D eigenvalue weighted by molar-refractivity contribution is 7.10. The molecule has 1 aromatic carbocycles. The maximum absolute atomic E-state index is 12.9. The van der Waals surface area contributed by atoms with Crippen molar-refractivity contribution >= 4 is 23.2 Å². The summed E-state index contributed by atoms with van der Waals surface area (Å²) in [5.74, 6) is 0.403. The Hall–Kier alpha value is -2.21. The maximum atomic E-state index is 12.9. The Bertz CT molecular complexity index is 779. The molecule has 0 spiro atoms. The monoisotopic (exact) mass is 402 g/mol. The first-order valence-corrected chi connectivity index (χ1v) is 10.5. The summed E-state index contributed by atoms with van der Waals surface area (Å²) in [7, 11) is 0. The zero-order valence-electron chi connectivity index (χ0n) is 17.3. The number of Topliss-reactive ketones (excluding diaryl/α,β-unsaturated/α-hetero) is 1. The van der Waals surface area contributed by atoms with Crippen LogP contribution < -0.4 is 5.32 Å². The fourth-order valence-electron chi connectivity index (χ4n) is 2.67. The van der Waals surface area contributed by atoms with Crippen LogP contribution in [-0.2, 0) is 16.0 Å². The molecule has 1 atom stereocenters. The Morgan fingerprint density at radius 1 is 1.14 bits per heavy atom. The molecule has 152 valence electrons. The molecule has 1 aromatic heterocycles. The second kappa shape index (κ2) is 9.82. The lowest BCUT2D eigenvalue weighted by Gasteiger charge is -2.23. The maximum Gasteiger partial charge on any atom is 0.408 e. The van der Waals surface area contributed by atoms with E-state index in [9.17, 15) is 9.59 Å². The summed E-state index contributed by atoms with van der Waals surface area (Å²) in [6.07, 6.45) is 1.08. The molecule has 0 saturated carbocycles. The molecule has 1 heterocycles. The van der Waals surface area contributed by atoms with Crippen molar-refractivity contribution in [1.29, 1.82) is 0 Å². The first kappa shape index (κ1) is 22.1. The Labute approximate surface area is 171 Å². The Morgan fingerprint density at radius 3 is 2.43 bits per heavy atom. The number of thiazole rings is 1. The van der Waals surface area contributed by atoms with Crippen LogP contribution in [0.25, 0.3) is 11.3 Å². The van der Waals surface area contributed by atoms with E-state index in [1.165, 1.54) is 11.3 Å². The Kier molecular flexibility index (Phi) is 7.75. The molecular formula is C22H30N2O3S. The molecule has 2 rings (SSSR count). The van der Waals surface area contributed by atoms with Crippen LogP contribution in [0.4, 0.5) is 4.79 Å². The van der Waals surface area contributed by atoms with Gasteiger partial charge in [0.15, 0.2) is 5.78 Å². The molecule has 2 aromatic rings. The van der Waals surface area contributed by atoms with Crippen LogP contribution in [0.3, 0.4) is 0 Å². The van der Waals surface area contributed by atoms with Gasteiger partial charge in [-0.25, -0.2) is 9.78 Å². The van der Waals surface area contributed by atoms with Gasteiger partial charge >= 0.3 is 6.09 Å². The number of amides is 1. The van der Waals surface area contributed by atoms with E-state index in [1.54, 1.807) is 20.8 Å². The van der Waals surface area contributed by atoms with Gasteiger partial charge in [-0.15, -0.1) is 11.3 Å². The molecule has 5 nitrogen and oxygen atoms in total. The Morgan fingerprint density at radius 2 is 1.82 bits per heavy atom. The van der Waals surface area contributed by atoms with Crippen LogP contribution in [0.2, 0.25) is 0 Å². The molecule has 0 saturated heterocycles. The van der Waals surface area contributed by atoms with Crippen molar-refractivity contribution in [2.75, 3.05) is 0 Å². The van der Waals surface area contributed by atoms with Gasteiger partial charge in [-0.2, -0.15) is 0 Å². The summed E-state index contributed by atoms with van der Waals surface area (Å²) in [5.41, 5.74) is 1.29. The van der Waals surface area contributed by atoms with Crippen molar-refractivity contribution in [1.82, 2.24) is 10.3 Å². The predicted octanol–water partition coefficient (Wildman–Crippen LogP) is 5.25. The van der Waals surface area contributed by atoms with Gasteiger partial charge < -0.3 is 10.1 Å². The number of benzene rings is 1. The number of aromatic nitrogens is 1. The van der Waals surface area contributed by atoms with Gasteiger partial charge in [-0.3, -0.25) is 4.79 Å². The molecule has 0 aliphatic heterocycles. The molecular weight excluding hydrogens is 372 g/mol. The highest BCUT2D eigenvalue weighted by atomic mass is 32.1. The van der Waals surface area contributed by atoms with Gasteiger partial charge in [0, 0.05) is 10.9 Å². The van der Waals surface area contributed by atoms with Gasteiger partial charge in [0.2, 0.25) is 0 Å². The van der Waals surface area contributed by atoms with Gasteiger partial charge in [0.05, 0.1) is 18.2 Å². The van der Waals surface area contributed by atoms with Crippen LogP contribution in [0, 0.1) is 5.92 Å². The van der Waals surface area contributed by atoms with Crippen LogP contribution in [0.5, 0.6) is 0 Å². The summed E-state index contributed by atoms with van der Waals surface area (Å²) < 4.78 is 5.32. The average molecular weight is 403 g/mol. The van der Waals surface area contributed by atoms with Crippen LogP contribution >= 0.6 is 11.3 Å². The number of alkyl carbamates (subject to hydrolysis) is 1. The summed E-state index contributed by atoms with van der Waals surface area (Å²) in [6, 6.07) is 9.31. The van der Waals surface area contributed by atoms with E-state index in [4.69, 9.17) is 4.74 Å². The first-order valence-electron chi connectivity index (χ1n) is 9.66. The number of nitrogens with zero attached hydrogens (tertiary/aromatic N) is 1. The highest BCUT2D eigenvalue weighted by Crippen LogP contribution is 2.22. The Balaban J connectivity index is 2.05. The smallest absolute Gasteiger partial charge is 0.408 e. The molecule has 0 aliphatic rings. The number of carbonyl (C=O) groups excluding carboxylic acids is 2. The van der Waals surface area contributed by atoms with Crippen LogP contribution in [0.1, 0.15) is 52.5 Å². The second-order valence-electron chi connectivity index (χ2n) is 8.31. The lowest BCUT2D eigenvalue weighted by Crippen LogP contribution is -2.44. The van der Waals surface area contributed by atoms with Crippen LogP contribution in [-0.4, -0.2) is 28.5 Å². The second-order valence-corrected chi connectivity index (χ2v) is 9.25. The van der Waals surface area contributed by atoms with E-state index >= 15 is 0 Å². The first-order chi connectivity index (χ1) is 13.1. The van der Waals surface area contributed by atoms with Gasteiger partial charge in [-0.1, -0.05) is 44.2 Å². The molecule has 1 N–H and O–H groups in total. The largest absolute Gasteiger partial charge is 0.444 e. The van der Waals surface area contributed by atoms with Crippen molar-refractivity contribution in [3.8, 4) is 11.3 Å². The van der Waals surface area contributed by atoms with Crippen molar-refractivity contribution in [2.24, 2.45) is 5.92 Å². The topological polar surface area (TPSA) is 68.3 Å². The lowest BCUT2D eigenvalue weighted by molar-refractivity contribution is -0.120. The number of rotatable bonds is 8. The van der Waals surface area contributed by atoms with E-state index < -0.39 is 17.7 Å². The van der Waals surface area contributed by atoms with Crippen molar-refractivity contribution in [3.63, 3.8) is 0 Å². The van der Waals surface area contributed by atoms with E-state index in [0.717, 1.165) is 22.7 Å². The van der Waals surface area contributed by atoms with Crippen molar-refractivity contribution < 1.29 is 14.3 Å². The number of hydrogen-bond donors (Lipinski definition) is 1. The summed E-state index contributed by atoms with van der Waals surface area (Å²) in [6.45, 7) is 9.61. The minimum absolute atomic E-state index is 0.0412. The quantitative estimate of drug-likeness (QED) is 0.655. The molecule has 0 bridgehead atoms. The lowest BCUT2D eigenvalue weighted by atomic mass is 9.99. The summed E-state index contributed by atoms with van der Waals surface area (Å²) in [4.78, 5) is 29.6. The third kappa shape index (κ3) is 7.43. The van der Waals surface area contributed by atoms with Crippen molar-refractivity contribution in [3.05, 3.63) is 40.7 Å². The highest BCUT2D eigenvalue weighted by Gasteiger charge is 2.25. The minimum Gasteiger partial charge on any atom is -0.444 e. The van der Waals surface area contributed by atoms with Gasteiger partial charge in [-0.05, 0) is 39.5 Å². The number of carbonyl (C=O) groups is 2. The standard InChI is InChI=1S/C22H30N2O3S/c1-15(2)11-12-17(24-21(26)27-22(3,4)5)19(25)13-20-23-18(14-28-20)16-9-7-6-8-10-16/h6-10,14-15,17H,11-13H2,1-5H3,(H,24,26)/t17-/m0/s1. The number of ether oxygens (including phenoxy) is 1. The minimum atomic E-state index is -0.602. The van der Waals surface area contributed by atoms with Crippen LogP contribution in [0.15, 0.2) is 35.7 Å². The third-order valence-corrected chi connectivity index (χ3v) is 4.91. The SMILES string of the molecule is CC(C)CC[C@H](NC(=O)OC(C)(C)C)C(=O)Cc1nc(-c2ccccc2)cs1. The zero-order valence-corrected chi connectivity index (χ0v) is 18.1. The molecule has 0 unspecified atom stereocenters. The molecule has 0 aliphatic carbocycles. The molecule has 0 radical (unpaired) electrons.